The number of unbranched alkanes of at least 4 members (excludes halogenated alkanes) is 5. The van der Waals surface area contributed by atoms with E-state index in [1.54, 1.807) is 25.7 Å². The van der Waals surface area contributed by atoms with Crippen LogP contribution < -0.4 is 10.6 Å². The molecule has 0 aromatic heterocycles. The highest BCUT2D eigenvalue weighted by atomic mass is 16.6. The Hall–Kier alpha value is -3.35. The molecule has 0 radical (unpaired) electrons. The van der Waals surface area contributed by atoms with Crippen LogP contribution in [0.4, 0.5) is 4.79 Å². The third-order valence-electron chi connectivity index (χ3n) is 8.76. The highest BCUT2D eigenvalue weighted by Crippen LogP contribution is 2.29. The molecule has 3 rings (SSSR count). The topological polar surface area (TPSA) is 87.7 Å². The largest absolute Gasteiger partial charge is 0.444 e. The summed E-state index contributed by atoms with van der Waals surface area (Å²) >= 11 is 0. The predicted octanol–water partition coefficient (Wildman–Crippen LogP) is 8.12. The van der Waals surface area contributed by atoms with E-state index >= 15 is 0 Å². The minimum absolute atomic E-state index is 0.102. The minimum atomic E-state index is -0.905. The number of carbonyl (C=O) groups excluding carboxylic acids is 3. The summed E-state index contributed by atoms with van der Waals surface area (Å²) in [5, 5.41) is 6.22. The van der Waals surface area contributed by atoms with Gasteiger partial charge >= 0.3 is 6.09 Å². The van der Waals surface area contributed by atoms with Crippen molar-refractivity contribution in [1.82, 2.24) is 15.5 Å². The fourth-order valence-corrected chi connectivity index (χ4v) is 6.18. The summed E-state index contributed by atoms with van der Waals surface area (Å²) < 4.78 is 5.60. The first-order valence-electron chi connectivity index (χ1n) is 17.2. The van der Waals surface area contributed by atoms with Crippen LogP contribution >= 0.6 is 0 Å². The first kappa shape index (κ1) is 36.1. The van der Waals surface area contributed by atoms with Crippen molar-refractivity contribution in [2.24, 2.45) is 0 Å². The molecule has 7 nitrogen and oxygen atoms in total. The Balaban J connectivity index is 2.03. The van der Waals surface area contributed by atoms with E-state index in [-0.39, 0.29) is 24.3 Å². The Morgan fingerprint density at radius 3 is 2.22 bits per heavy atom. The number of ether oxygens (including phenoxy) is 1. The van der Waals surface area contributed by atoms with Crippen molar-refractivity contribution in [3.63, 3.8) is 0 Å². The van der Waals surface area contributed by atoms with Gasteiger partial charge in [0.15, 0.2) is 0 Å². The molecule has 2 atom stereocenters. The maximum atomic E-state index is 14.8. The van der Waals surface area contributed by atoms with Crippen LogP contribution in [0.1, 0.15) is 127 Å². The zero-order valence-corrected chi connectivity index (χ0v) is 28.6. The van der Waals surface area contributed by atoms with Crippen LogP contribution in [-0.4, -0.2) is 47.0 Å². The van der Waals surface area contributed by atoms with Gasteiger partial charge in [0.25, 0.3) is 0 Å². The first-order chi connectivity index (χ1) is 21.5. The van der Waals surface area contributed by atoms with Crippen LogP contribution in [0.2, 0.25) is 0 Å². The molecule has 0 heterocycles. The van der Waals surface area contributed by atoms with Gasteiger partial charge in [-0.25, -0.2) is 4.79 Å². The highest BCUT2D eigenvalue weighted by molar-refractivity contribution is 5.92. The molecular weight excluding hydrogens is 562 g/mol. The van der Waals surface area contributed by atoms with Gasteiger partial charge in [0.05, 0.1) is 0 Å². The smallest absolute Gasteiger partial charge is 0.408 e. The zero-order valence-electron chi connectivity index (χ0n) is 28.6. The van der Waals surface area contributed by atoms with Crippen LogP contribution in [0.25, 0.3) is 0 Å². The lowest BCUT2D eigenvalue weighted by atomic mass is 9.92. The van der Waals surface area contributed by atoms with E-state index in [9.17, 15) is 14.4 Å². The van der Waals surface area contributed by atoms with E-state index in [1.165, 1.54) is 12.8 Å². The molecule has 2 unspecified atom stereocenters. The third kappa shape index (κ3) is 11.8. The second kappa shape index (κ2) is 18.0. The minimum Gasteiger partial charge on any atom is -0.444 e. The molecule has 3 amide bonds. The van der Waals surface area contributed by atoms with Crippen molar-refractivity contribution in [2.45, 2.75) is 142 Å². The van der Waals surface area contributed by atoms with Crippen LogP contribution in [-0.2, 0) is 20.7 Å². The molecule has 0 bridgehead atoms. The lowest BCUT2D eigenvalue weighted by Crippen LogP contribution is -2.55. The number of hydrogen-bond donors (Lipinski definition) is 2. The van der Waals surface area contributed by atoms with Crippen molar-refractivity contribution in [3.05, 3.63) is 70.8 Å². The molecule has 45 heavy (non-hydrogen) atoms. The molecule has 0 aliphatic heterocycles. The monoisotopic (exact) mass is 619 g/mol. The van der Waals surface area contributed by atoms with Crippen molar-refractivity contribution in [1.29, 1.82) is 0 Å². The van der Waals surface area contributed by atoms with E-state index in [2.05, 4.69) is 17.6 Å². The van der Waals surface area contributed by atoms with Crippen molar-refractivity contribution in [2.75, 3.05) is 6.54 Å². The standard InChI is InChI=1S/C38H57N3O4/c1-7-8-9-10-11-18-26-41(36(43)33(27-30-21-14-12-15-22-30)40-37(44)45-38(4,5)6)34(32-25-19-20-28(2)29(32)3)35(42)39-31-23-16-13-17-24-31/h12,14-15,19-22,25,31,33-34H,7-11,13,16-18,23-24,26-27H2,1-6H3,(H,39,42)(H,40,44). The summed E-state index contributed by atoms with van der Waals surface area (Å²) in [6.45, 7) is 12.1. The number of alkyl carbamates (subject to hydrolysis) is 1. The van der Waals surface area contributed by atoms with Gasteiger partial charge in [0, 0.05) is 19.0 Å². The van der Waals surface area contributed by atoms with Gasteiger partial charge in [-0.3, -0.25) is 9.59 Å². The molecule has 1 saturated carbocycles. The number of nitrogens with one attached hydrogen (secondary N) is 2. The molecular formula is C38H57N3O4. The quantitative estimate of drug-likeness (QED) is 0.197. The Bertz CT molecular complexity index is 1220. The van der Waals surface area contributed by atoms with Crippen LogP contribution in [0, 0.1) is 13.8 Å². The van der Waals surface area contributed by atoms with Crippen molar-refractivity contribution < 1.29 is 19.1 Å². The molecule has 7 heteroatoms. The van der Waals surface area contributed by atoms with Gasteiger partial charge in [-0.05, 0) is 76.1 Å². The fraction of sp³-hybridized carbons (Fsp3) is 0.605. The molecule has 2 aromatic rings. The Morgan fingerprint density at radius 1 is 0.889 bits per heavy atom. The number of nitrogens with zero attached hydrogens (tertiary/aromatic N) is 1. The highest BCUT2D eigenvalue weighted by Gasteiger charge is 2.37. The molecule has 248 valence electrons. The predicted molar refractivity (Wildman–Crippen MR) is 182 cm³/mol. The molecule has 2 aromatic carbocycles. The maximum absolute atomic E-state index is 14.8. The van der Waals surface area contributed by atoms with E-state index in [1.807, 2.05) is 62.4 Å². The Kier molecular flexibility index (Phi) is 14.4. The SMILES string of the molecule is CCCCCCCCN(C(=O)C(Cc1ccccc1)NC(=O)OC(C)(C)C)C(C(=O)NC1CCCCC1)c1cccc(C)c1C. The normalized spacial score (nSPS) is 15.2. The average molecular weight is 620 g/mol. The van der Waals surface area contributed by atoms with Gasteiger partial charge in [-0.1, -0.05) is 107 Å². The second-order valence-electron chi connectivity index (χ2n) is 13.7. The van der Waals surface area contributed by atoms with Crippen LogP contribution in [0.5, 0.6) is 0 Å². The van der Waals surface area contributed by atoms with Gasteiger partial charge in [-0.15, -0.1) is 0 Å². The molecule has 0 spiro atoms. The van der Waals surface area contributed by atoms with Crippen molar-refractivity contribution in [3.8, 4) is 0 Å². The maximum Gasteiger partial charge on any atom is 0.408 e. The Labute approximate surface area is 271 Å². The van der Waals surface area contributed by atoms with Gasteiger partial charge in [0.2, 0.25) is 11.8 Å². The van der Waals surface area contributed by atoms with Crippen LogP contribution in [0.3, 0.4) is 0 Å². The summed E-state index contributed by atoms with van der Waals surface area (Å²) in [6, 6.07) is 14.0. The first-order valence-corrected chi connectivity index (χ1v) is 17.2. The second-order valence-corrected chi connectivity index (χ2v) is 13.7. The molecule has 0 saturated heterocycles. The number of amides is 3. The average Bonchev–Trinajstić information content (AvgIpc) is 2.99. The number of carbonyl (C=O) groups is 3. The summed E-state index contributed by atoms with van der Waals surface area (Å²) in [5.41, 5.74) is 3.10. The van der Waals surface area contributed by atoms with E-state index in [0.717, 1.165) is 80.0 Å². The molecule has 1 aliphatic rings. The number of aryl methyl sites for hydroxylation is 1. The summed E-state index contributed by atoms with van der Waals surface area (Å²) in [5.74, 6) is -0.423. The molecule has 1 aliphatic carbocycles. The van der Waals surface area contributed by atoms with Crippen molar-refractivity contribution >= 4 is 17.9 Å². The van der Waals surface area contributed by atoms with Crippen LogP contribution in [0.15, 0.2) is 48.5 Å². The van der Waals surface area contributed by atoms with Gasteiger partial charge in [-0.2, -0.15) is 0 Å². The fourth-order valence-electron chi connectivity index (χ4n) is 6.18. The third-order valence-corrected chi connectivity index (χ3v) is 8.76. The molecule has 1 fully saturated rings. The number of rotatable bonds is 15. The number of hydrogen-bond acceptors (Lipinski definition) is 4. The van der Waals surface area contributed by atoms with E-state index in [4.69, 9.17) is 4.74 Å². The Morgan fingerprint density at radius 2 is 1.56 bits per heavy atom. The van der Waals surface area contributed by atoms with E-state index < -0.39 is 23.8 Å². The summed E-state index contributed by atoms with van der Waals surface area (Å²) in [7, 11) is 0. The number of benzene rings is 2. The lowest BCUT2D eigenvalue weighted by molar-refractivity contribution is -0.143. The summed E-state index contributed by atoms with van der Waals surface area (Å²) in [4.78, 5) is 44.0. The molecule has 2 N–H and O–H groups in total. The lowest BCUT2D eigenvalue weighted by Gasteiger charge is -2.36. The summed E-state index contributed by atoms with van der Waals surface area (Å²) in [6.07, 6.45) is 11.3. The van der Waals surface area contributed by atoms with Gasteiger partial charge in [0.1, 0.15) is 17.7 Å². The van der Waals surface area contributed by atoms with Gasteiger partial charge < -0.3 is 20.3 Å². The zero-order chi connectivity index (χ0) is 32.8. The van der Waals surface area contributed by atoms with E-state index in [0.29, 0.717) is 6.54 Å².